The van der Waals surface area contributed by atoms with Crippen LogP contribution in [0.5, 0.6) is 11.5 Å². The lowest BCUT2D eigenvalue weighted by atomic mass is 9.95. The fraction of sp³-hybridized carbons (Fsp3) is 0.474. The Hall–Kier alpha value is -2.74. The molecule has 0 bridgehead atoms. The average molecular weight is 375 g/mol. The van der Waals surface area contributed by atoms with Crippen molar-refractivity contribution in [1.29, 1.82) is 0 Å². The van der Waals surface area contributed by atoms with Gasteiger partial charge in [-0.25, -0.2) is 4.79 Å². The first-order chi connectivity index (χ1) is 12.8. The first kappa shape index (κ1) is 19.0. The zero-order valence-corrected chi connectivity index (χ0v) is 16.5. The molecule has 0 saturated carbocycles. The van der Waals surface area contributed by atoms with Crippen molar-refractivity contribution in [2.45, 2.75) is 6.04 Å². The molecule has 2 heterocycles. The first-order valence-electron chi connectivity index (χ1n) is 8.94. The van der Waals surface area contributed by atoms with Crippen molar-refractivity contribution in [2.75, 3.05) is 55.0 Å². The minimum Gasteiger partial charge on any atom is -0.497 e. The fourth-order valence-corrected chi connectivity index (χ4v) is 3.41. The summed E-state index contributed by atoms with van der Waals surface area (Å²) in [5, 5.41) is 2.94. The van der Waals surface area contributed by atoms with Crippen LogP contribution in [0, 0.1) is 0 Å². The Morgan fingerprint density at radius 1 is 1.15 bits per heavy atom. The van der Waals surface area contributed by atoms with Crippen LogP contribution in [-0.2, 0) is 4.79 Å². The Balaban J connectivity index is 1.99. The molecule has 0 saturated heterocycles. The molecule has 146 valence electrons. The lowest BCUT2D eigenvalue weighted by Gasteiger charge is -2.31. The third-order valence-electron chi connectivity index (χ3n) is 5.02. The van der Waals surface area contributed by atoms with Crippen LogP contribution in [0.15, 0.2) is 29.5 Å². The molecule has 2 aliphatic heterocycles. The summed E-state index contributed by atoms with van der Waals surface area (Å²) in [7, 11) is 8.94. The van der Waals surface area contributed by atoms with Gasteiger partial charge in [0.1, 0.15) is 11.5 Å². The molecule has 27 heavy (non-hydrogen) atoms. The van der Waals surface area contributed by atoms with Crippen LogP contribution < -0.4 is 19.7 Å². The van der Waals surface area contributed by atoms with Crippen LogP contribution in [-0.4, -0.2) is 76.7 Å². The number of carbonyl (C=O) groups is 2. The van der Waals surface area contributed by atoms with E-state index < -0.39 is 6.04 Å². The maximum atomic E-state index is 13.1. The van der Waals surface area contributed by atoms with Crippen molar-refractivity contribution in [1.82, 2.24) is 15.1 Å². The fourth-order valence-electron chi connectivity index (χ4n) is 3.41. The zero-order valence-electron chi connectivity index (χ0n) is 16.5. The molecule has 0 radical (unpaired) electrons. The van der Waals surface area contributed by atoms with Crippen molar-refractivity contribution in [3.8, 4) is 11.5 Å². The van der Waals surface area contributed by atoms with Crippen molar-refractivity contribution in [3.05, 3.63) is 35.0 Å². The number of benzene rings is 1. The van der Waals surface area contributed by atoms with Gasteiger partial charge in [0.2, 0.25) is 0 Å². The monoisotopic (exact) mass is 375 g/mol. The molecule has 8 heteroatoms. The second-order valence-electron chi connectivity index (χ2n) is 7.13. The van der Waals surface area contributed by atoms with E-state index >= 15 is 0 Å². The summed E-state index contributed by atoms with van der Waals surface area (Å²) in [5.41, 5.74) is 2.12. The normalized spacial score (nSPS) is 19.6. The first-order valence-corrected chi connectivity index (χ1v) is 8.94. The minimum absolute atomic E-state index is 0.0371. The third-order valence-corrected chi connectivity index (χ3v) is 5.02. The number of methoxy groups -OCH3 is 2. The lowest BCUT2D eigenvalue weighted by Crippen LogP contribution is -3.06. The quantitative estimate of drug-likeness (QED) is 0.712. The highest BCUT2D eigenvalue weighted by molar-refractivity contribution is 6.01. The Bertz CT molecular complexity index is 768. The van der Waals surface area contributed by atoms with E-state index in [1.54, 1.807) is 32.2 Å². The molecule has 1 atom stereocenters. The lowest BCUT2D eigenvalue weighted by molar-refractivity contribution is -0.857. The smallest absolute Gasteiger partial charge is 0.322 e. The number of rotatable bonds is 6. The van der Waals surface area contributed by atoms with Gasteiger partial charge in [0.25, 0.3) is 5.91 Å². The maximum absolute atomic E-state index is 13.1. The number of quaternary nitrogens is 1. The van der Waals surface area contributed by atoms with Gasteiger partial charge in [0.05, 0.1) is 65.3 Å². The molecule has 2 aliphatic rings. The largest absolute Gasteiger partial charge is 0.497 e. The molecule has 0 aliphatic carbocycles. The van der Waals surface area contributed by atoms with Gasteiger partial charge in [0.15, 0.2) is 0 Å². The Morgan fingerprint density at radius 3 is 2.33 bits per heavy atom. The number of urea groups is 1. The molecule has 0 aromatic heterocycles. The maximum Gasteiger partial charge on any atom is 0.322 e. The van der Waals surface area contributed by atoms with Gasteiger partial charge in [-0.2, -0.15) is 0 Å². The van der Waals surface area contributed by atoms with Gasteiger partial charge in [-0.3, -0.25) is 9.69 Å². The van der Waals surface area contributed by atoms with Gasteiger partial charge in [-0.05, 0) is 17.7 Å². The molecule has 1 aromatic carbocycles. The van der Waals surface area contributed by atoms with E-state index in [2.05, 4.69) is 19.4 Å². The molecule has 0 fully saturated rings. The van der Waals surface area contributed by atoms with Crippen molar-refractivity contribution in [2.24, 2.45) is 0 Å². The summed E-state index contributed by atoms with van der Waals surface area (Å²) in [5.74, 6) is 1.18. The SMILES string of the molecule is COc1cc(OC)cc([C@H]2NC(=O)N(C)C3=C2C(=O)N(CC[NH+](C)C)C3)c1. The molecule has 2 N–H and O–H groups in total. The van der Waals surface area contributed by atoms with E-state index in [4.69, 9.17) is 9.47 Å². The zero-order chi connectivity index (χ0) is 19.7. The van der Waals surface area contributed by atoms with E-state index in [0.717, 1.165) is 17.8 Å². The average Bonchev–Trinajstić information content (AvgIpc) is 2.99. The second-order valence-corrected chi connectivity index (χ2v) is 7.13. The van der Waals surface area contributed by atoms with Crippen molar-refractivity contribution >= 4 is 11.9 Å². The van der Waals surface area contributed by atoms with E-state index in [1.807, 2.05) is 12.1 Å². The summed E-state index contributed by atoms with van der Waals surface area (Å²) in [4.78, 5) is 30.2. The minimum atomic E-state index is -0.531. The number of likely N-dealkylation sites (N-methyl/N-ethyl adjacent to an activating group) is 2. The van der Waals surface area contributed by atoms with Crippen molar-refractivity contribution < 1.29 is 24.0 Å². The number of amides is 3. The number of ether oxygens (including phenoxy) is 2. The molecular weight excluding hydrogens is 348 g/mol. The van der Waals surface area contributed by atoms with Crippen LogP contribution in [0.2, 0.25) is 0 Å². The highest BCUT2D eigenvalue weighted by atomic mass is 16.5. The van der Waals surface area contributed by atoms with E-state index in [-0.39, 0.29) is 11.9 Å². The molecule has 1 aromatic rings. The number of carbonyl (C=O) groups excluding carboxylic acids is 2. The molecule has 3 rings (SSSR count). The molecule has 3 amide bonds. The summed E-state index contributed by atoms with van der Waals surface area (Å²) in [6.07, 6.45) is 0. The van der Waals surface area contributed by atoms with Gasteiger partial charge < -0.3 is 24.6 Å². The van der Waals surface area contributed by atoms with E-state index in [0.29, 0.717) is 30.2 Å². The van der Waals surface area contributed by atoms with E-state index in [9.17, 15) is 9.59 Å². The van der Waals surface area contributed by atoms with Crippen LogP contribution in [0.1, 0.15) is 11.6 Å². The Morgan fingerprint density at radius 2 is 1.78 bits per heavy atom. The molecule has 0 unspecified atom stereocenters. The number of hydrogen-bond acceptors (Lipinski definition) is 4. The molecule has 0 spiro atoms. The second kappa shape index (κ2) is 7.48. The predicted octanol–water partition coefficient (Wildman–Crippen LogP) is -0.359. The number of nitrogens with zero attached hydrogens (tertiary/aromatic N) is 2. The van der Waals surface area contributed by atoms with Gasteiger partial charge >= 0.3 is 6.03 Å². The summed E-state index contributed by atoms with van der Waals surface area (Å²) in [6, 6.07) is 4.65. The molecule has 8 nitrogen and oxygen atoms in total. The van der Waals surface area contributed by atoms with Gasteiger partial charge in [0, 0.05) is 13.1 Å². The summed E-state index contributed by atoms with van der Waals surface area (Å²) < 4.78 is 10.7. The topological polar surface area (TPSA) is 75.5 Å². The van der Waals surface area contributed by atoms with Crippen LogP contribution >= 0.6 is 0 Å². The Labute approximate surface area is 159 Å². The van der Waals surface area contributed by atoms with Crippen LogP contribution in [0.4, 0.5) is 4.79 Å². The molecular formula is C19H27N4O4+. The van der Waals surface area contributed by atoms with Gasteiger partial charge in [-0.15, -0.1) is 0 Å². The standard InChI is InChI=1S/C19H26N4O4/c1-21(2)6-7-23-11-15-16(18(23)24)17(20-19(25)22(15)3)12-8-13(26-4)10-14(9-12)27-5/h8-10,17H,6-7,11H2,1-5H3,(H,20,25)/p+1/t17-/m1/s1. The van der Waals surface area contributed by atoms with Crippen LogP contribution in [0.25, 0.3) is 0 Å². The Kier molecular flexibility index (Phi) is 5.27. The van der Waals surface area contributed by atoms with Gasteiger partial charge in [-0.1, -0.05) is 0 Å². The third kappa shape index (κ3) is 3.57. The summed E-state index contributed by atoms with van der Waals surface area (Å²) in [6.45, 7) is 1.93. The van der Waals surface area contributed by atoms with Crippen molar-refractivity contribution in [3.63, 3.8) is 0 Å². The summed E-state index contributed by atoms with van der Waals surface area (Å²) >= 11 is 0. The van der Waals surface area contributed by atoms with Crippen LogP contribution in [0.3, 0.4) is 0 Å². The number of hydrogen-bond donors (Lipinski definition) is 2. The van der Waals surface area contributed by atoms with E-state index in [1.165, 1.54) is 9.80 Å². The highest BCUT2D eigenvalue weighted by Gasteiger charge is 2.43. The number of nitrogens with one attached hydrogen (secondary N) is 2. The highest BCUT2D eigenvalue weighted by Crippen LogP contribution is 2.37. The predicted molar refractivity (Wildman–Crippen MR) is 99.9 cm³/mol.